The van der Waals surface area contributed by atoms with Crippen LogP contribution in [0.15, 0.2) is 36.4 Å². The number of nitrogens with zero attached hydrogens (tertiary/aromatic N) is 2. The number of carbonyl (C=O) groups is 1. The molecule has 0 spiro atoms. The van der Waals surface area contributed by atoms with Crippen molar-refractivity contribution in [1.29, 1.82) is 0 Å². The lowest BCUT2D eigenvalue weighted by Crippen LogP contribution is -2.51. The van der Waals surface area contributed by atoms with Gasteiger partial charge in [-0.1, -0.05) is 39.3 Å². The fraction of sp³-hybridized carbons (Fsp3) is 0.667. The summed E-state index contributed by atoms with van der Waals surface area (Å²) in [5, 5.41) is 0. The monoisotopic (exact) mass is 366 g/mol. The maximum Gasteiger partial charge on any atom is 0.133 e. The molecule has 0 unspecified atom stereocenters. The van der Waals surface area contributed by atoms with Crippen LogP contribution in [0, 0.1) is 28.6 Å². The van der Waals surface area contributed by atoms with E-state index in [1.165, 1.54) is 31.4 Å². The Morgan fingerprint density at radius 3 is 2.67 bits per heavy atom. The van der Waals surface area contributed by atoms with Gasteiger partial charge in [-0.3, -0.25) is 4.79 Å². The molecule has 4 aliphatic rings. The molecule has 5 atom stereocenters. The topological polar surface area (TPSA) is 34.9 Å². The average Bonchev–Trinajstić information content (AvgIpc) is 3.31. The van der Waals surface area contributed by atoms with E-state index in [0.717, 1.165) is 25.2 Å². The van der Waals surface area contributed by atoms with Crippen LogP contribution in [0.2, 0.25) is 0 Å². The van der Waals surface area contributed by atoms with Crippen molar-refractivity contribution in [2.75, 3.05) is 0 Å². The summed E-state index contributed by atoms with van der Waals surface area (Å²) in [6.07, 6.45) is 18.4. The molecule has 1 heterocycles. The molecule has 0 amide bonds. The van der Waals surface area contributed by atoms with E-state index >= 15 is 0 Å². The van der Waals surface area contributed by atoms with E-state index in [9.17, 15) is 4.79 Å². The van der Waals surface area contributed by atoms with E-state index < -0.39 is 0 Å². The first kappa shape index (κ1) is 18.7. The molecule has 0 aromatic carbocycles. The predicted molar refractivity (Wildman–Crippen MR) is 110 cm³/mol. The normalized spacial score (nSPS) is 40.0. The highest BCUT2D eigenvalue weighted by Crippen LogP contribution is 2.65. The lowest BCUT2D eigenvalue weighted by molar-refractivity contribution is -0.130. The van der Waals surface area contributed by atoms with Gasteiger partial charge in [-0.15, -0.1) is 0 Å². The second kappa shape index (κ2) is 6.76. The zero-order valence-electron chi connectivity index (χ0n) is 17.4. The van der Waals surface area contributed by atoms with Gasteiger partial charge in [0.05, 0.1) is 6.33 Å². The number of carbonyl (C=O) groups excluding carboxylic acids is 1. The van der Waals surface area contributed by atoms with Crippen LogP contribution < -0.4 is 0 Å². The van der Waals surface area contributed by atoms with Gasteiger partial charge in [0.1, 0.15) is 5.78 Å². The van der Waals surface area contributed by atoms with Crippen LogP contribution in [0.1, 0.15) is 72.6 Å². The van der Waals surface area contributed by atoms with Crippen LogP contribution in [0.5, 0.6) is 0 Å². The minimum Gasteiger partial charge on any atom is -0.309 e. The molecule has 1 aromatic heterocycles. The first-order valence-electron chi connectivity index (χ1n) is 11.0. The summed E-state index contributed by atoms with van der Waals surface area (Å²) in [6.45, 7) is 8.94. The van der Waals surface area contributed by atoms with Crippen molar-refractivity contribution in [2.45, 2.75) is 72.6 Å². The molecule has 0 saturated heterocycles. The van der Waals surface area contributed by atoms with Crippen molar-refractivity contribution in [1.82, 2.24) is 9.55 Å². The van der Waals surface area contributed by atoms with Crippen LogP contribution in [0.3, 0.4) is 0 Å². The van der Waals surface area contributed by atoms with Crippen molar-refractivity contribution in [3.63, 3.8) is 0 Å². The number of ketones is 1. The molecule has 0 aliphatic heterocycles. The van der Waals surface area contributed by atoms with Crippen molar-refractivity contribution in [3.8, 4) is 0 Å². The predicted octanol–water partition coefficient (Wildman–Crippen LogP) is 5.89. The number of rotatable bonds is 1. The maximum absolute atomic E-state index is 12.0. The average molecular weight is 367 g/mol. The molecular formula is C24H34N2O. The summed E-state index contributed by atoms with van der Waals surface area (Å²) < 4.78 is 2.20. The van der Waals surface area contributed by atoms with Crippen molar-refractivity contribution >= 4 is 11.5 Å². The number of allylic oxidation sites excluding steroid dienone is 4. The summed E-state index contributed by atoms with van der Waals surface area (Å²) in [5.41, 5.74) is 3.58. The Labute approximate surface area is 163 Å². The van der Waals surface area contributed by atoms with Gasteiger partial charge >= 0.3 is 0 Å². The smallest absolute Gasteiger partial charge is 0.133 e. The minimum absolute atomic E-state index is 0.162. The van der Waals surface area contributed by atoms with Crippen LogP contribution in [-0.2, 0) is 4.79 Å². The number of fused-ring (bicyclic) bond motifs is 5. The Bertz CT molecular complexity index is 774. The zero-order chi connectivity index (χ0) is 19.2. The van der Waals surface area contributed by atoms with Gasteiger partial charge in [0, 0.05) is 36.3 Å². The largest absolute Gasteiger partial charge is 0.309 e. The molecule has 3 fully saturated rings. The highest BCUT2D eigenvalue weighted by molar-refractivity contribution is 5.79. The van der Waals surface area contributed by atoms with Crippen LogP contribution in [0.4, 0.5) is 0 Å². The second-order valence-electron chi connectivity index (χ2n) is 9.25. The van der Waals surface area contributed by atoms with Gasteiger partial charge in [0.15, 0.2) is 0 Å². The van der Waals surface area contributed by atoms with E-state index in [2.05, 4.69) is 41.7 Å². The first-order chi connectivity index (χ1) is 13.0. The molecule has 4 aliphatic carbocycles. The van der Waals surface area contributed by atoms with Crippen molar-refractivity contribution in [2.24, 2.45) is 28.6 Å². The molecule has 3 nitrogen and oxygen atoms in total. The number of hydrogen-bond donors (Lipinski definition) is 0. The summed E-state index contributed by atoms with van der Waals surface area (Å²) in [7, 11) is 0. The Balaban J connectivity index is 0.000000872. The Morgan fingerprint density at radius 1 is 1.11 bits per heavy atom. The summed E-state index contributed by atoms with van der Waals surface area (Å²) >= 11 is 0. The van der Waals surface area contributed by atoms with Gasteiger partial charge in [0.2, 0.25) is 0 Å². The fourth-order valence-electron chi connectivity index (χ4n) is 6.79. The second-order valence-corrected chi connectivity index (χ2v) is 9.25. The quantitative estimate of drug-likeness (QED) is 0.621. The molecule has 27 heavy (non-hydrogen) atoms. The lowest BCUT2D eigenvalue weighted by atomic mass is 9.46. The number of Topliss-reactive ketones (excluding diaryl/α,β-unsaturated/α-hetero) is 1. The molecule has 1 aromatic rings. The van der Waals surface area contributed by atoms with Gasteiger partial charge in [0.25, 0.3) is 0 Å². The van der Waals surface area contributed by atoms with E-state index in [4.69, 9.17) is 0 Å². The molecule has 146 valence electrons. The molecule has 0 radical (unpaired) electrons. The van der Waals surface area contributed by atoms with Gasteiger partial charge in [-0.2, -0.15) is 0 Å². The summed E-state index contributed by atoms with van der Waals surface area (Å²) in [6, 6.07) is 0. The molecule has 0 N–H and O–H groups in total. The highest BCUT2D eigenvalue weighted by Gasteiger charge is 2.56. The standard InChI is InChI=1S/C22H28N2O.C2H6/c1-21-9-7-16(25)13-15(21)3-4-17-18-5-6-20(24-12-11-23-14-24)22(18,2)10-8-19(17)21;1-2/h5-6,11-12,14-15,17,19H,3-4,7-10,13H2,1-2H3;1-2H3/t15-,17-,19-,21-,22-;/m0./s1. The number of imidazole rings is 1. The third-order valence-electron chi connectivity index (χ3n) is 8.27. The van der Waals surface area contributed by atoms with Gasteiger partial charge in [-0.25, -0.2) is 4.98 Å². The Kier molecular flexibility index (Phi) is 4.68. The SMILES string of the molecule is CC.C[C@]12CC[C@H]3[C@@H](CC[C@H]4CC(=O)CC[C@@]43C)C1=CC=C2n1ccnc1. The van der Waals surface area contributed by atoms with E-state index in [1.54, 1.807) is 5.57 Å². The zero-order valence-corrected chi connectivity index (χ0v) is 17.4. The summed E-state index contributed by atoms with van der Waals surface area (Å²) in [5.74, 6) is 2.59. The lowest BCUT2D eigenvalue weighted by Gasteiger charge is -2.58. The summed E-state index contributed by atoms with van der Waals surface area (Å²) in [4.78, 5) is 16.3. The Morgan fingerprint density at radius 2 is 1.93 bits per heavy atom. The molecular weight excluding hydrogens is 332 g/mol. The number of aromatic nitrogens is 2. The molecule has 0 bridgehead atoms. The molecule has 3 heteroatoms. The molecule has 5 rings (SSSR count). The third-order valence-corrected chi connectivity index (χ3v) is 8.27. The Hall–Kier alpha value is -1.64. The van der Waals surface area contributed by atoms with Crippen LogP contribution >= 0.6 is 0 Å². The molecule has 3 saturated carbocycles. The van der Waals surface area contributed by atoms with Crippen molar-refractivity contribution in [3.05, 3.63) is 36.4 Å². The number of hydrogen-bond acceptors (Lipinski definition) is 2. The fourth-order valence-corrected chi connectivity index (χ4v) is 6.79. The van der Waals surface area contributed by atoms with E-state index in [-0.39, 0.29) is 5.41 Å². The van der Waals surface area contributed by atoms with Crippen LogP contribution in [0.25, 0.3) is 5.70 Å². The maximum atomic E-state index is 12.0. The highest BCUT2D eigenvalue weighted by atomic mass is 16.1. The van der Waals surface area contributed by atoms with Crippen molar-refractivity contribution < 1.29 is 4.79 Å². The third kappa shape index (κ3) is 2.68. The van der Waals surface area contributed by atoms with Crippen LogP contribution in [-0.4, -0.2) is 15.3 Å². The van der Waals surface area contributed by atoms with Gasteiger partial charge < -0.3 is 4.57 Å². The minimum atomic E-state index is 0.162. The first-order valence-corrected chi connectivity index (χ1v) is 11.0. The van der Waals surface area contributed by atoms with E-state index in [1.807, 2.05) is 26.4 Å². The van der Waals surface area contributed by atoms with E-state index in [0.29, 0.717) is 23.0 Å². The van der Waals surface area contributed by atoms with Gasteiger partial charge in [-0.05, 0) is 61.3 Å².